The van der Waals surface area contributed by atoms with Crippen LogP contribution in [0.4, 0.5) is 5.82 Å². The van der Waals surface area contributed by atoms with Crippen LogP contribution in [0.1, 0.15) is 35.9 Å². The molecule has 1 heterocycles. The molecular formula is C24H24BrN3O2. The summed E-state index contributed by atoms with van der Waals surface area (Å²) in [5, 5.41) is 3.01. The first kappa shape index (κ1) is 20.5. The molecule has 30 heavy (non-hydrogen) atoms. The van der Waals surface area contributed by atoms with E-state index in [2.05, 4.69) is 40.3 Å². The molecule has 1 aromatic heterocycles. The van der Waals surface area contributed by atoms with Crippen LogP contribution < -0.4 is 10.1 Å². The van der Waals surface area contributed by atoms with Gasteiger partial charge in [0.1, 0.15) is 5.75 Å². The van der Waals surface area contributed by atoms with E-state index < -0.39 is 0 Å². The summed E-state index contributed by atoms with van der Waals surface area (Å²) in [6.07, 6.45) is 3.68. The molecule has 0 fully saturated rings. The van der Waals surface area contributed by atoms with Crippen molar-refractivity contribution in [3.63, 3.8) is 0 Å². The second-order valence-electron chi connectivity index (χ2n) is 7.44. The summed E-state index contributed by atoms with van der Waals surface area (Å²) in [4.78, 5) is 22.4. The molecule has 0 aliphatic heterocycles. The first-order chi connectivity index (χ1) is 14.6. The maximum absolute atomic E-state index is 12.7. The van der Waals surface area contributed by atoms with Crippen molar-refractivity contribution in [2.45, 2.75) is 39.0 Å². The second kappa shape index (κ2) is 8.96. The molecule has 0 saturated heterocycles. The Balaban J connectivity index is 1.62. The third-order valence-corrected chi connectivity index (χ3v) is 5.79. The van der Waals surface area contributed by atoms with Gasteiger partial charge in [0.05, 0.1) is 30.6 Å². The maximum atomic E-state index is 12.7. The topological polar surface area (TPSA) is 64.1 Å². The fourth-order valence-corrected chi connectivity index (χ4v) is 4.02. The van der Waals surface area contributed by atoms with Gasteiger partial charge in [-0.15, -0.1) is 0 Å². The minimum absolute atomic E-state index is 0.0788. The lowest BCUT2D eigenvalue weighted by molar-refractivity contribution is -0.115. The van der Waals surface area contributed by atoms with E-state index in [0.717, 1.165) is 64.1 Å². The minimum atomic E-state index is -0.0788. The van der Waals surface area contributed by atoms with Crippen molar-refractivity contribution >= 4 is 27.7 Å². The summed E-state index contributed by atoms with van der Waals surface area (Å²) in [7, 11) is 1.68. The average Bonchev–Trinajstić information content (AvgIpc) is 2.75. The number of carbonyl (C=O) groups excluding carboxylic acids is 1. The molecule has 6 heteroatoms. The molecule has 154 valence electrons. The number of aryl methyl sites for hydroxylation is 3. The molecule has 1 amide bonds. The zero-order chi connectivity index (χ0) is 21.1. The van der Waals surface area contributed by atoms with E-state index in [1.54, 1.807) is 7.11 Å². The Bertz CT molecular complexity index is 1080. The van der Waals surface area contributed by atoms with Crippen LogP contribution in [0.5, 0.6) is 5.75 Å². The number of ether oxygens (including phenoxy) is 1. The fourth-order valence-electron chi connectivity index (χ4n) is 3.76. The molecule has 3 aromatic rings. The van der Waals surface area contributed by atoms with Crippen LogP contribution in [0.15, 0.2) is 46.9 Å². The van der Waals surface area contributed by atoms with Gasteiger partial charge in [-0.1, -0.05) is 41.4 Å². The maximum Gasteiger partial charge on any atom is 0.229 e. The normalized spacial score (nSPS) is 12.1. The number of carbonyl (C=O) groups is 1. The smallest absolute Gasteiger partial charge is 0.229 e. The number of halogens is 1. The van der Waals surface area contributed by atoms with E-state index in [1.165, 1.54) is 5.56 Å². The van der Waals surface area contributed by atoms with Crippen molar-refractivity contribution in [2.24, 2.45) is 0 Å². The Hall–Kier alpha value is -2.73. The number of hydrogen-bond acceptors (Lipinski definition) is 4. The quantitative estimate of drug-likeness (QED) is 0.546. The molecule has 0 saturated carbocycles. The number of hydrogen-bond donors (Lipinski definition) is 1. The van der Waals surface area contributed by atoms with E-state index in [4.69, 9.17) is 14.7 Å². The summed E-state index contributed by atoms with van der Waals surface area (Å²) in [6, 6.07) is 13.9. The summed E-state index contributed by atoms with van der Waals surface area (Å²) in [5.41, 5.74) is 5.99. The van der Waals surface area contributed by atoms with E-state index in [9.17, 15) is 4.79 Å². The Morgan fingerprint density at radius 2 is 1.93 bits per heavy atom. The molecule has 0 bridgehead atoms. The molecular weight excluding hydrogens is 442 g/mol. The first-order valence-electron chi connectivity index (χ1n) is 10.2. The van der Waals surface area contributed by atoms with Gasteiger partial charge < -0.3 is 10.1 Å². The highest BCUT2D eigenvalue weighted by Gasteiger charge is 2.22. The largest absolute Gasteiger partial charge is 0.497 e. The van der Waals surface area contributed by atoms with Gasteiger partial charge >= 0.3 is 0 Å². The second-order valence-corrected chi connectivity index (χ2v) is 8.35. The lowest BCUT2D eigenvalue weighted by atomic mass is 9.91. The van der Waals surface area contributed by atoms with Gasteiger partial charge in [-0.3, -0.25) is 4.79 Å². The Morgan fingerprint density at radius 3 is 2.67 bits per heavy atom. The van der Waals surface area contributed by atoms with Crippen molar-refractivity contribution in [1.29, 1.82) is 0 Å². The summed E-state index contributed by atoms with van der Waals surface area (Å²) in [5.74, 6) is 1.37. The first-order valence-corrected chi connectivity index (χ1v) is 11.0. The van der Waals surface area contributed by atoms with Gasteiger partial charge in [0.15, 0.2) is 5.82 Å². The summed E-state index contributed by atoms with van der Waals surface area (Å²) < 4.78 is 6.36. The number of nitrogens with one attached hydrogen (secondary N) is 1. The van der Waals surface area contributed by atoms with E-state index in [1.807, 2.05) is 30.3 Å². The zero-order valence-corrected chi connectivity index (χ0v) is 18.8. The van der Waals surface area contributed by atoms with Crippen LogP contribution in [0.3, 0.4) is 0 Å². The summed E-state index contributed by atoms with van der Waals surface area (Å²) >= 11 is 3.42. The standard InChI is InChI=1S/C24H24BrN3O2/c1-3-4-21-24(28-22(29)13-15-5-8-17(25)9-6-15)27-20-12-7-16-14-18(30-2)10-11-19(16)23(20)26-21/h5-6,8-11,14H,3-4,7,12-13H2,1-2H3,(H,27,28,29). The van der Waals surface area contributed by atoms with Crippen LogP contribution in [0.2, 0.25) is 0 Å². The number of anilines is 1. The molecule has 1 aliphatic rings. The van der Waals surface area contributed by atoms with Crippen molar-refractivity contribution in [1.82, 2.24) is 9.97 Å². The predicted octanol–water partition coefficient (Wildman–Crippen LogP) is 5.15. The zero-order valence-electron chi connectivity index (χ0n) is 17.2. The van der Waals surface area contributed by atoms with Gasteiger partial charge in [0.25, 0.3) is 0 Å². The van der Waals surface area contributed by atoms with Crippen molar-refractivity contribution in [3.05, 3.63) is 69.5 Å². The highest BCUT2D eigenvalue weighted by Crippen LogP contribution is 2.35. The molecule has 2 aromatic carbocycles. The number of aromatic nitrogens is 2. The van der Waals surface area contributed by atoms with Gasteiger partial charge in [-0.25, -0.2) is 9.97 Å². The van der Waals surface area contributed by atoms with E-state index in [0.29, 0.717) is 12.2 Å². The number of benzene rings is 2. The molecule has 0 spiro atoms. The highest BCUT2D eigenvalue weighted by molar-refractivity contribution is 9.10. The van der Waals surface area contributed by atoms with Gasteiger partial charge in [-0.2, -0.15) is 0 Å². The molecule has 4 rings (SSSR count). The molecule has 5 nitrogen and oxygen atoms in total. The fraction of sp³-hybridized carbons (Fsp3) is 0.292. The van der Waals surface area contributed by atoms with Crippen LogP contribution in [-0.4, -0.2) is 23.0 Å². The number of amides is 1. The highest BCUT2D eigenvalue weighted by atomic mass is 79.9. The minimum Gasteiger partial charge on any atom is -0.497 e. The third-order valence-electron chi connectivity index (χ3n) is 5.26. The van der Waals surface area contributed by atoms with Crippen molar-refractivity contribution in [3.8, 4) is 17.0 Å². The van der Waals surface area contributed by atoms with Crippen LogP contribution in [-0.2, 0) is 30.5 Å². The predicted molar refractivity (Wildman–Crippen MR) is 122 cm³/mol. The number of fused-ring (bicyclic) bond motifs is 3. The van der Waals surface area contributed by atoms with E-state index >= 15 is 0 Å². The molecule has 0 radical (unpaired) electrons. The SMILES string of the molecule is CCCc1nc2c(nc1NC(=O)Cc1ccc(Br)cc1)CCc1cc(OC)ccc1-2. The third kappa shape index (κ3) is 4.38. The van der Waals surface area contributed by atoms with Gasteiger partial charge in [0.2, 0.25) is 5.91 Å². The lowest BCUT2D eigenvalue weighted by Gasteiger charge is -2.21. The molecule has 0 atom stereocenters. The van der Waals surface area contributed by atoms with Crippen LogP contribution in [0.25, 0.3) is 11.3 Å². The lowest BCUT2D eigenvalue weighted by Crippen LogP contribution is -2.19. The van der Waals surface area contributed by atoms with Crippen molar-refractivity contribution < 1.29 is 9.53 Å². The van der Waals surface area contributed by atoms with Crippen LogP contribution in [0, 0.1) is 0 Å². The molecule has 1 aliphatic carbocycles. The van der Waals surface area contributed by atoms with Crippen LogP contribution >= 0.6 is 15.9 Å². The van der Waals surface area contributed by atoms with E-state index in [-0.39, 0.29) is 5.91 Å². The monoisotopic (exact) mass is 465 g/mol. The van der Waals surface area contributed by atoms with Crippen molar-refractivity contribution in [2.75, 3.05) is 12.4 Å². The number of methoxy groups -OCH3 is 1. The summed E-state index contributed by atoms with van der Waals surface area (Å²) in [6.45, 7) is 2.10. The van der Waals surface area contributed by atoms with Gasteiger partial charge in [-0.05, 0) is 60.7 Å². The van der Waals surface area contributed by atoms with Gasteiger partial charge in [0, 0.05) is 10.0 Å². The average molecular weight is 466 g/mol. The number of nitrogens with zero attached hydrogens (tertiary/aromatic N) is 2. The Labute approximate surface area is 185 Å². The Kier molecular flexibility index (Phi) is 6.13. The molecule has 0 unspecified atom stereocenters. The Morgan fingerprint density at radius 1 is 1.13 bits per heavy atom. The number of rotatable bonds is 6. The molecule has 1 N–H and O–H groups in total.